The molecule has 0 unspecified atom stereocenters. The number of benzene rings is 1. The van der Waals surface area contributed by atoms with Crippen LogP contribution in [0.2, 0.25) is 0 Å². The second kappa shape index (κ2) is 7.09. The van der Waals surface area contributed by atoms with Crippen LogP contribution < -0.4 is 5.32 Å². The predicted octanol–water partition coefficient (Wildman–Crippen LogP) is 3.41. The standard InChI is InChI=1S/C16H21N3O4S2/c1-16(2,3)15-18-11(10-24-15)7-8-17-13-6-5-12(25(4,22)23)9-14(13)19(20)21/h5-6,9-10,17H,7-8H2,1-4H3. The molecule has 0 fully saturated rings. The van der Waals surface area contributed by atoms with E-state index < -0.39 is 14.8 Å². The first-order chi connectivity index (χ1) is 11.5. The largest absolute Gasteiger partial charge is 0.379 e. The molecule has 0 aliphatic rings. The van der Waals surface area contributed by atoms with Gasteiger partial charge < -0.3 is 5.32 Å². The average Bonchev–Trinajstić information content (AvgIpc) is 2.95. The van der Waals surface area contributed by atoms with E-state index in [2.05, 4.69) is 31.1 Å². The first-order valence-corrected chi connectivity index (χ1v) is 10.4. The van der Waals surface area contributed by atoms with Gasteiger partial charge in [-0.1, -0.05) is 20.8 Å². The van der Waals surface area contributed by atoms with E-state index in [4.69, 9.17) is 0 Å². The number of hydrogen-bond acceptors (Lipinski definition) is 7. The van der Waals surface area contributed by atoms with E-state index in [0.717, 1.165) is 23.0 Å². The Morgan fingerprint density at radius 3 is 2.52 bits per heavy atom. The molecule has 0 saturated carbocycles. The molecule has 1 aromatic heterocycles. The zero-order valence-electron chi connectivity index (χ0n) is 14.6. The Labute approximate surface area is 151 Å². The number of nitro benzene ring substituents is 1. The SMILES string of the molecule is CC(C)(C)c1nc(CCNc2ccc(S(C)(=O)=O)cc2[N+](=O)[O-])cs1. The van der Waals surface area contributed by atoms with Gasteiger partial charge in [0, 0.05) is 36.1 Å². The van der Waals surface area contributed by atoms with Crippen molar-refractivity contribution >= 4 is 32.5 Å². The molecule has 0 aliphatic carbocycles. The number of hydrogen-bond donors (Lipinski definition) is 1. The van der Waals surface area contributed by atoms with Crippen LogP contribution in [0.4, 0.5) is 11.4 Å². The van der Waals surface area contributed by atoms with Gasteiger partial charge in [-0.3, -0.25) is 10.1 Å². The van der Waals surface area contributed by atoms with Gasteiger partial charge in [0.1, 0.15) is 5.69 Å². The molecule has 0 atom stereocenters. The van der Waals surface area contributed by atoms with Crippen molar-refractivity contribution < 1.29 is 13.3 Å². The predicted molar refractivity (Wildman–Crippen MR) is 99.2 cm³/mol. The lowest BCUT2D eigenvalue weighted by atomic mass is 9.98. The Balaban J connectivity index is 2.10. The minimum absolute atomic E-state index is 0.00337. The third kappa shape index (κ3) is 4.99. The summed E-state index contributed by atoms with van der Waals surface area (Å²) in [6.45, 7) is 6.76. The zero-order chi connectivity index (χ0) is 18.8. The van der Waals surface area contributed by atoms with Crippen molar-refractivity contribution in [3.63, 3.8) is 0 Å². The Morgan fingerprint density at radius 1 is 1.32 bits per heavy atom. The quantitative estimate of drug-likeness (QED) is 0.606. The van der Waals surface area contributed by atoms with Gasteiger partial charge in [0.25, 0.3) is 5.69 Å². The summed E-state index contributed by atoms with van der Waals surface area (Å²) in [7, 11) is -3.49. The van der Waals surface area contributed by atoms with E-state index in [9.17, 15) is 18.5 Å². The van der Waals surface area contributed by atoms with Crippen molar-refractivity contribution in [3.05, 3.63) is 44.4 Å². The summed E-state index contributed by atoms with van der Waals surface area (Å²) >= 11 is 1.60. The summed E-state index contributed by atoms with van der Waals surface area (Å²) in [5, 5.41) is 17.2. The van der Waals surface area contributed by atoms with Crippen LogP contribution in [0.25, 0.3) is 0 Å². The van der Waals surface area contributed by atoms with Crippen LogP contribution in [-0.2, 0) is 21.7 Å². The Hall–Kier alpha value is -2.00. The van der Waals surface area contributed by atoms with Gasteiger partial charge in [-0.15, -0.1) is 11.3 Å². The molecule has 0 aliphatic heterocycles. The molecule has 0 spiro atoms. The molecule has 0 bridgehead atoms. The fraction of sp³-hybridized carbons (Fsp3) is 0.438. The maximum absolute atomic E-state index is 11.6. The maximum atomic E-state index is 11.6. The second-order valence-corrected chi connectivity index (χ2v) is 9.65. The summed E-state index contributed by atoms with van der Waals surface area (Å²) in [5.41, 5.74) is 0.967. The van der Waals surface area contributed by atoms with Crippen molar-refractivity contribution in [2.75, 3.05) is 18.1 Å². The number of anilines is 1. The van der Waals surface area contributed by atoms with Crippen LogP contribution in [0.5, 0.6) is 0 Å². The molecule has 0 amide bonds. The van der Waals surface area contributed by atoms with E-state index in [1.165, 1.54) is 12.1 Å². The van der Waals surface area contributed by atoms with E-state index in [0.29, 0.717) is 18.7 Å². The van der Waals surface area contributed by atoms with Crippen molar-refractivity contribution in [3.8, 4) is 0 Å². The van der Waals surface area contributed by atoms with Gasteiger partial charge in [-0.05, 0) is 12.1 Å². The molecule has 0 radical (unpaired) electrons. The van der Waals surface area contributed by atoms with Gasteiger partial charge in [0.2, 0.25) is 0 Å². The van der Waals surface area contributed by atoms with Crippen LogP contribution in [0.3, 0.4) is 0 Å². The van der Waals surface area contributed by atoms with Crippen LogP contribution >= 0.6 is 11.3 Å². The number of sulfone groups is 1. The summed E-state index contributed by atoms with van der Waals surface area (Å²) in [6.07, 6.45) is 1.64. The first-order valence-electron chi connectivity index (χ1n) is 7.66. The number of aromatic nitrogens is 1. The minimum atomic E-state index is -3.49. The zero-order valence-corrected chi connectivity index (χ0v) is 16.2. The lowest BCUT2D eigenvalue weighted by Gasteiger charge is -2.13. The van der Waals surface area contributed by atoms with Gasteiger partial charge in [0.15, 0.2) is 9.84 Å². The molecular weight excluding hydrogens is 362 g/mol. The molecule has 1 N–H and O–H groups in total. The summed E-state index contributed by atoms with van der Waals surface area (Å²) < 4.78 is 23.1. The molecule has 1 heterocycles. The highest BCUT2D eigenvalue weighted by Gasteiger charge is 2.19. The molecule has 25 heavy (non-hydrogen) atoms. The van der Waals surface area contributed by atoms with E-state index in [-0.39, 0.29) is 16.0 Å². The van der Waals surface area contributed by atoms with Crippen LogP contribution in [0.1, 0.15) is 31.5 Å². The monoisotopic (exact) mass is 383 g/mol. The van der Waals surface area contributed by atoms with Crippen molar-refractivity contribution in [2.24, 2.45) is 0 Å². The summed E-state index contributed by atoms with van der Waals surface area (Å²) in [4.78, 5) is 15.1. The molecule has 2 aromatic rings. The lowest BCUT2D eigenvalue weighted by molar-refractivity contribution is -0.384. The topological polar surface area (TPSA) is 102 Å². The molecular formula is C16H21N3O4S2. The lowest BCUT2D eigenvalue weighted by Crippen LogP contribution is -2.11. The third-order valence-electron chi connectivity index (χ3n) is 3.48. The summed E-state index contributed by atoms with van der Waals surface area (Å²) in [5.74, 6) is 0. The number of nitro groups is 1. The molecule has 2 rings (SSSR count). The van der Waals surface area contributed by atoms with E-state index in [1.54, 1.807) is 11.3 Å². The fourth-order valence-corrected chi connectivity index (χ4v) is 3.72. The first kappa shape index (κ1) is 19.3. The minimum Gasteiger partial charge on any atom is -0.379 e. The summed E-state index contributed by atoms with van der Waals surface area (Å²) in [6, 6.07) is 3.87. The van der Waals surface area contributed by atoms with Crippen LogP contribution in [0.15, 0.2) is 28.5 Å². The highest BCUT2D eigenvalue weighted by atomic mass is 32.2. The van der Waals surface area contributed by atoms with Crippen molar-refractivity contribution in [1.82, 2.24) is 4.98 Å². The normalized spacial score (nSPS) is 12.2. The highest BCUT2D eigenvalue weighted by Crippen LogP contribution is 2.28. The average molecular weight is 383 g/mol. The fourth-order valence-electron chi connectivity index (χ4n) is 2.13. The number of rotatable bonds is 6. The molecule has 7 nitrogen and oxygen atoms in total. The highest BCUT2D eigenvalue weighted by molar-refractivity contribution is 7.90. The van der Waals surface area contributed by atoms with Crippen molar-refractivity contribution in [2.45, 2.75) is 37.5 Å². The molecule has 136 valence electrons. The third-order valence-corrected chi connectivity index (χ3v) is 5.91. The Bertz CT molecular complexity index is 883. The molecule has 0 saturated heterocycles. The number of thiazole rings is 1. The second-order valence-electron chi connectivity index (χ2n) is 6.78. The van der Waals surface area contributed by atoms with Gasteiger partial charge in [0.05, 0.1) is 20.5 Å². The Kier molecular flexibility index (Phi) is 5.48. The Morgan fingerprint density at radius 2 is 2.00 bits per heavy atom. The van der Waals surface area contributed by atoms with E-state index in [1.807, 2.05) is 5.38 Å². The van der Waals surface area contributed by atoms with Crippen LogP contribution in [0, 0.1) is 10.1 Å². The van der Waals surface area contributed by atoms with Gasteiger partial charge in [-0.25, -0.2) is 13.4 Å². The van der Waals surface area contributed by atoms with Gasteiger partial charge in [-0.2, -0.15) is 0 Å². The van der Waals surface area contributed by atoms with Crippen molar-refractivity contribution in [1.29, 1.82) is 0 Å². The number of nitrogens with one attached hydrogen (secondary N) is 1. The van der Waals surface area contributed by atoms with Crippen LogP contribution in [-0.4, -0.2) is 31.1 Å². The molecule has 9 heteroatoms. The maximum Gasteiger partial charge on any atom is 0.293 e. The smallest absolute Gasteiger partial charge is 0.293 e. The van der Waals surface area contributed by atoms with Gasteiger partial charge >= 0.3 is 0 Å². The molecule has 1 aromatic carbocycles. The number of nitrogens with zero attached hydrogens (tertiary/aromatic N) is 2. The van der Waals surface area contributed by atoms with E-state index >= 15 is 0 Å².